The molecule has 0 bridgehead atoms. The van der Waals surface area contributed by atoms with Gasteiger partial charge in [0.2, 0.25) is 0 Å². The number of amides is 1. The molecular formula is C21H22N2O4. The fourth-order valence-electron chi connectivity index (χ4n) is 2.31. The van der Waals surface area contributed by atoms with E-state index in [4.69, 9.17) is 14.7 Å². The number of nitrogens with one attached hydrogen (secondary N) is 1. The molecule has 1 N–H and O–H groups in total. The van der Waals surface area contributed by atoms with E-state index in [1.165, 1.54) is 0 Å². The summed E-state index contributed by atoms with van der Waals surface area (Å²) in [6, 6.07) is 17.2. The minimum Gasteiger partial charge on any atom is -0.459 e. The number of carbonyl (C=O) groups is 2. The third-order valence-corrected chi connectivity index (χ3v) is 3.87. The van der Waals surface area contributed by atoms with Crippen molar-refractivity contribution in [1.29, 1.82) is 5.26 Å². The Balaban J connectivity index is 1.86. The number of rotatable bonds is 7. The smallest absolute Gasteiger partial charge is 0.408 e. The van der Waals surface area contributed by atoms with Gasteiger partial charge in [0.1, 0.15) is 19.3 Å². The van der Waals surface area contributed by atoms with Crippen molar-refractivity contribution >= 4 is 12.1 Å². The highest BCUT2D eigenvalue weighted by molar-refractivity contribution is 5.81. The van der Waals surface area contributed by atoms with E-state index in [0.717, 1.165) is 11.1 Å². The molecule has 2 aromatic rings. The van der Waals surface area contributed by atoms with Crippen LogP contribution in [0.2, 0.25) is 0 Å². The predicted octanol–water partition coefficient (Wildman–Crippen LogP) is 3.55. The second-order valence-electron chi connectivity index (χ2n) is 6.34. The van der Waals surface area contributed by atoms with Crippen molar-refractivity contribution in [1.82, 2.24) is 5.32 Å². The zero-order valence-electron chi connectivity index (χ0n) is 15.3. The van der Waals surface area contributed by atoms with Gasteiger partial charge in [0.15, 0.2) is 0 Å². The molecule has 0 radical (unpaired) electrons. The first-order valence-electron chi connectivity index (χ1n) is 8.62. The van der Waals surface area contributed by atoms with Crippen LogP contribution in [-0.4, -0.2) is 18.1 Å². The number of hydrogen-bond acceptors (Lipinski definition) is 5. The van der Waals surface area contributed by atoms with Crippen LogP contribution in [0.5, 0.6) is 0 Å². The fraction of sp³-hybridized carbons (Fsp3) is 0.286. The molecule has 0 fully saturated rings. The third kappa shape index (κ3) is 6.48. The molecule has 0 saturated carbocycles. The van der Waals surface area contributed by atoms with E-state index in [0.29, 0.717) is 5.56 Å². The summed E-state index contributed by atoms with van der Waals surface area (Å²) in [4.78, 5) is 24.4. The van der Waals surface area contributed by atoms with Crippen molar-refractivity contribution < 1.29 is 19.1 Å². The van der Waals surface area contributed by atoms with Gasteiger partial charge in [-0.25, -0.2) is 9.59 Å². The van der Waals surface area contributed by atoms with Gasteiger partial charge in [-0.15, -0.1) is 0 Å². The quantitative estimate of drug-likeness (QED) is 0.757. The number of alkyl carbamates (subject to hydrolysis) is 1. The zero-order chi connectivity index (χ0) is 19.6. The lowest BCUT2D eigenvalue weighted by Crippen LogP contribution is -2.45. The van der Waals surface area contributed by atoms with Crippen molar-refractivity contribution in [2.24, 2.45) is 5.92 Å². The molecule has 2 rings (SSSR count). The molecule has 6 nitrogen and oxygen atoms in total. The maximum absolute atomic E-state index is 12.3. The second-order valence-corrected chi connectivity index (χ2v) is 6.34. The van der Waals surface area contributed by atoms with Gasteiger partial charge in [-0.2, -0.15) is 5.26 Å². The first kappa shape index (κ1) is 20.0. The maximum Gasteiger partial charge on any atom is 0.408 e. The summed E-state index contributed by atoms with van der Waals surface area (Å²) in [7, 11) is 0. The Labute approximate surface area is 158 Å². The Hall–Kier alpha value is -3.33. The highest BCUT2D eigenvalue weighted by Crippen LogP contribution is 2.09. The number of hydrogen-bond donors (Lipinski definition) is 1. The van der Waals surface area contributed by atoms with Gasteiger partial charge >= 0.3 is 12.1 Å². The second kappa shape index (κ2) is 9.97. The van der Waals surface area contributed by atoms with E-state index < -0.39 is 18.1 Å². The fourth-order valence-corrected chi connectivity index (χ4v) is 2.31. The van der Waals surface area contributed by atoms with Gasteiger partial charge in [0.05, 0.1) is 11.6 Å². The number of esters is 1. The van der Waals surface area contributed by atoms with Crippen LogP contribution >= 0.6 is 0 Å². The number of ether oxygens (including phenoxy) is 2. The van der Waals surface area contributed by atoms with Gasteiger partial charge in [0.25, 0.3) is 0 Å². The van der Waals surface area contributed by atoms with Crippen molar-refractivity contribution in [3.05, 3.63) is 71.3 Å². The molecule has 0 aliphatic rings. The minimum atomic E-state index is -0.813. The molecule has 1 amide bonds. The van der Waals surface area contributed by atoms with Gasteiger partial charge in [0, 0.05) is 0 Å². The van der Waals surface area contributed by atoms with Crippen LogP contribution in [0.25, 0.3) is 0 Å². The van der Waals surface area contributed by atoms with Gasteiger partial charge in [-0.1, -0.05) is 56.3 Å². The summed E-state index contributed by atoms with van der Waals surface area (Å²) >= 11 is 0. The Morgan fingerprint density at radius 3 is 2.15 bits per heavy atom. The minimum absolute atomic E-state index is 0.0640. The van der Waals surface area contributed by atoms with Crippen LogP contribution in [0.4, 0.5) is 4.79 Å². The first-order valence-corrected chi connectivity index (χ1v) is 8.62. The van der Waals surface area contributed by atoms with E-state index >= 15 is 0 Å². The molecule has 0 aliphatic heterocycles. The van der Waals surface area contributed by atoms with Crippen LogP contribution < -0.4 is 5.32 Å². The molecule has 1 atom stereocenters. The lowest BCUT2D eigenvalue weighted by atomic mass is 10.1. The zero-order valence-corrected chi connectivity index (χ0v) is 15.3. The molecule has 2 aromatic carbocycles. The van der Waals surface area contributed by atoms with Crippen LogP contribution in [0.3, 0.4) is 0 Å². The Bertz CT molecular complexity index is 795. The summed E-state index contributed by atoms with van der Waals surface area (Å²) in [5.74, 6) is -0.700. The van der Waals surface area contributed by atoms with E-state index in [9.17, 15) is 9.59 Å². The summed E-state index contributed by atoms with van der Waals surface area (Å²) in [6.45, 7) is 3.81. The largest absolute Gasteiger partial charge is 0.459 e. The molecule has 140 valence electrons. The molecule has 0 spiro atoms. The average molecular weight is 366 g/mol. The Morgan fingerprint density at radius 1 is 0.963 bits per heavy atom. The Kier molecular flexibility index (Phi) is 7.38. The van der Waals surface area contributed by atoms with Crippen molar-refractivity contribution in [3.63, 3.8) is 0 Å². The molecule has 0 heterocycles. The van der Waals surface area contributed by atoms with Crippen LogP contribution in [0.1, 0.15) is 30.5 Å². The third-order valence-electron chi connectivity index (χ3n) is 3.87. The molecule has 0 saturated heterocycles. The predicted molar refractivity (Wildman–Crippen MR) is 99.3 cm³/mol. The van der Waals surface area contributed by atoms with Crippen LogP contribution in [-0.2, 0) is 27.5 Å². The number of nitrogens with zero attached hydrogens (tertiary/aromatic N) is 1. The number of nitriles is 1. The number of carbonyl (C=O) groups excluding carboxylic acids is 2. The molecule has 0 aliphatic carbocycles. The number of benzene rings is 2. The monoisotopic (exact) mass is 366 g/mol. The SMILES string of the molecule is CC(C)C(NC(=O)OCc1ccccc1)C(=O)OCc1ccc(C#N)cc1. The first-order chi connectivity index (χ1) is 13.0. The normalized spacial score (nSPS) is 11.3. The van der Waals surface area contributed by atoms with Gasteiger partial charge in [-0.3, -0.25) is 0 Å². The van der Waals surface area contributed by atoms with Crippen molar-refractivity contribution in [3.8, 4) is 6.07 Å². The summed E-state index contributed by atoms with van der Waals surface area (Å²) < 4.78 is 10.5. The molecule has 27 heavy (non-hydrogen) atoms. The van der Waals surface area contributed by atoms with Crippen LogP contribution in [0, 0.1) is 17.2 Å². The molecule has 0 aromatic heterocycles. The highest BCUT2D eigenvalue weighted by atomic mass is 16.6. The standard InChI is InChI=1S/C21H22N2O4/c1-15(2)19(23-21(25)27-14-17-6-4-3-5-7-17)20(24)26-13-18-10-8-16(12-22)9-11-18/h3-11,15,19H,13-14H2,1-2H3,(H,23,25). The Morgan fingerprint density at radius 2 is 1.56 bits per heavy atom. The maximum atomic E-state index is 12.3. The summed E-state index contributed by atoms with van der Waals surface area (Å²) in [5, 5.41) is 11.4. The van der Waals surface area contributed by atoms with Crippen molar-refractivity contribution in [2.45, 2.75) is 33.1 Å². The lowest BCUT2D eigenvalue weighted by molar-refractivity contribution is -0.148. The van der Waals surface area contributed by atoms with E-state index in [2.05, 4.69) is 5.32 Å². The lowest BCUT2D eigenvalue weighted by Gasteiger charge is -2.20. The van der Waals surface area contributed by atoms with Gasteiger partial charge in [-0.05, 0) is 29.2 Å². The highest BCUT2D eigenvalue weighted by Gasteiger charge is 2.26. The summed E-state index contributed by atoms with van der Waals surface area (Å²) in [5.41, 5.74) is 2.15. The topological polar surface area (TPSA) is 88.4 Å². The van der Waals surface area contributed by atoms with Crippen LogP contribution in [0.15, 0.2) is 54.6 Å². The van der Waals surface area contributed by atoms with Crippen molar-refractivity contribution in [2.75, 3.05) is 0 Å². The molecule has 6 heteroatoms. The van der Waals surface area contributed by atoms with E-state index in [-0.39, 0.29) is 19.1 Å². The average Bonchev–Trinajstić information content (AvgIpc) is 2.69. The van der Waals surface area contributed by atoms with E-state index in [1.807, 2.05) is 50.2 Å². The van der Waals surface area contributed by atoms with E-state index in [1.54, 1.807) is 24.3 Å². The van der Waals surface area contributed by atoms with Gasteiger partial charge < -0.3 is 14.8 Å². The summed E-state index contributed by atoms with van der Waals surface area (Å²) in [6.07, 6.45) is -0.673. The molecular weight excluding hydrogens is 344 g/mol. The molecule has 1 unspecified atom stereocenters.